The Hall–Kier alpha value is -2.92. The summed E-state index contributed by atoms with van der Waals surface area (Å²) in [4.78, 5) is 20.4. The summed E-state index contributed by atoms with van der Waals surface area (Å²) in [6, 6.07) is 18.4. The second-order valence-electron chi connectivity index (χ2n) is 7.65. The van der Waals surface area contributed by atoms with Gasteiger partial charge in [0.05, 0.1) is 16.7 Å². The zero-order chi connectivity index (χ0) is 19.0. The van der Waals surface area contributed by atoms with Crippen LogP contribution in [0.15, 0.2) is 59.4 Å². The molecule has 1 aliphatic heterocycles. The van der Waals surface area contributed by atoms with Gasteiger partial charge in [-0.05, 0) is 36.1 Å². The first kappa shape index (κ1) is 17.2. The summed E-state index contributed by atoms with van der Waals surface area (Å²) in [7, 11) is 0. The topological polar surface area (TPSA) is 67.0 Å². The van der Waals surface area contributed by atoms with Crippen LogP contribution < -0.4 is 15.6 Å². The fourth-order valence-electron chi connectivity index (χ4n) is 3.97. The van der Waals surface area contributed by atoms with Crippen LogP contribution in [0.1, 0.15) is 41.1 Å². The summed E-state index contributed by atoms with van der Waals surface area (Å²) < 4.78 is 5.83. The van der Waals surface area contributed by atoms with Gasteiger partial charge in [0.25, 0.3) is 5.56 Å². The van der Waals surface area contributed by atoms with Crippen molar-refractivity contribution in [3.05, 3.63) is 93.2 Å². The van der Waals surface area contributed by atoms with Crippen molar-refractivity contribution in [1.29, 1.82) is 0 Å². The van der Waals surface area contributed by atoms with Crippen molar-refractivity contribution in [3.63, 3.8) is 0 Å². The lowest BCUT2D eigenvalue weighted by Crippen LogP contribution is -2.33. The molecule has 3 aromatic rings. The van der Waals surface area contributed by atoms with Gasteiger partial charge in [0.1, 0.15) is 18.2 Å². The lowest BCUT2D eigenvalue weighted by molar-refractivity contribution is 0.306. The Morgan fingerprint density at radius 2 is 1.82 bits per heavy atom. The fourth-order valence-corrected chi connectivity index (χ4v) is 3.97. The summed E-state index contributed by atoms with van der Waals surface area (Å²) >= 11 is 0. The summed E-state index contributed by atoms with van der Waals surface area (Å²) in [5.41, 5.74) is 3.95. The Kier molecular flexibility index (Phi) is 4.24. The van der Waals surface area contributed by atoms with Gasteiger partial charge in [-0.3, -0.25) is 4.79 Å². The number of hydrogen-bond donors (Lipinski definition) is 2. The van der Waals surface area contributed by atoms with E-state index >= 15 is 0 Å². The molecule has 0 bridgehead atoms. The highest BCUT2D eigenvalue weighted by Crippen LogP contribution is 2.52. The smallest absolute Gasteiger partial charge is 0.255 e. The zero-order valence-corrected chi connectivity index (χ0v) is 15.7. The summed E-state index contributed by atoms with van der Waals surface area (Å²) in [6.07, 6.45) is 2.86. The number of para-hydroxylation sites is 1. The second-order valence-corrected chi connectivity index (χ2v) is 7.65. The highest BCUT2D eigenvalue weighted by Gasteiger charge is 2.48. The average Bonchev–Trinajstić information content (AvgIpc) is 3.56. The monoisotopic (exact) mass is 373 g/mol. The molecule has 142 valence electrons. The lowest BCUT2D eigenvalue weighted by Gasteiger charge is -2.20. The van der Waals surface area contributed by atoms with Gasteiger partial charge in [-0.15, -0.1) is 0 Å². The maximum absolute atomic E-state index is 12.5. The number of rotatable bonds is 5. The van der Waals surface area contributed by atoms with Gasteiger partial charge in [0.2, 0.25) is 0 Å². The van der Waals surface area contributed by atoms with Crippen LogP contribution in [-0.2, 0) is 25.0 Å². The summed E-state index contributed by atoms with van der Waals surface area (Å²) in [6.45, 7) is 2.03. The van der Waals surface area contributed by atoms with Crippen LogP contribution in [0.3, 0.4) is 0 Å². The molecule has 2 aliphatic rings. The Bertz CT molecular complexity index is 1040. The molecular formula is C23H23N3O2. The van der Waals surface area contributed by atoms with Crippen molar-refractivity contribution < 1.29 is 4.74 Å². The predicted octanol–water partition coefficient (Wildman–Crippen LogP) is 3.07. The van der Waals surface area contributed by atoms with E-state index in [1.54, 1.807) is 0 Å². The number of H-pyrrole nitrogens is 1. The summed E-state index contributed by atoms with van der Waals surface area (Å²) in [5, 5.41) is 3.25. The number of aromatic nitrogens is 2. The van der Waals surface area contributed by atoms with Crippen molar-refractivity contribution in [2.24, 2.45) is 0 Å². The number of benzene rings is 2. The van der Waals surface area contributed by atoms with Gasteiger partial charge in [0, 0.05) is 19.5 Å². The predicted molar refractivity (Wildman–Crippen MR) is 107 cm³/mol. The lowest BCUT2D eigenvalue weighted by atomic mass is 9.93. The van der Waals surface area contributed by atoms with E-state index in [1.165, 1.54) is 5.56 Å². The second kappa shape index (κ2) is 6.91. The van der Waals surface area contributed by atoms with E-state index in [4.69, 9.17) is 9.72 Å². The van der Waals surface area contributed by atoms with Crippen LogP contribution in [0.5, 0.6) is 5.75 Å². The molecule has 0 amide bonds. The molecule has 1 aliphatic carbocycles. The SMILES string of the molecule is O=c1[nH]c(C2(c3ccc(COc4ccccc4)cc3)CC2)nc2c1CNCC2. The molecule has 0 unspecified atom stereocenters. The number of nitrogens with one attached hydrogen (secondary N) is 2. The molecule has 5 rings (SSSR count). The maximum atomic E-state index is 12.5. The van der Waals surface area contributed by atoms with E-state index in [0.29, 0.717) is 13.2 Å². The first-order valence-electron chi connectivity index (χ1n) is 9.85. The third kappa shape index (κ3) is 3.12. The molecule has 0 spiro atoms. The van der Waals surface area contributed by atoms with Crippen molar-refractivity contribution in [1.82, 2.24) is 15.3 Å². The maximum Gasteiger partial charge on any atom is 0.255 e. The first-order valence-corrected chi connectivity index (χ1v) is 9.85. The molecule has 5 nitrogen and oxygen atoms in total. The standard InChI is InChI=1S/C23H23N3O2/c27-21-19-14-24-13-10-20(19)25-22(26-21)23(11-12-23)17-8-6-16(7-9-17)15-28-18-4-2-1-3-5-18/h1-9,24H,10-15H2,(H,25,26,27). The summed E-state index contributed by atoms with van der Waals surface area (Å²) in [5.74, 6) is 1.70. The number of nitrogens with zero attached hydrogens (tertiary/aromatic N) is 1. The molecule has 2 heterocycles. The Morgan fingerprint density at radius 3 is 2.57 bits per heavy atom. The van der Waals surface area contributed by atoms with Crippen LogP contribution in [0.4, 0.5) is 0 Å². The van der Waals surface area contributed by atoms with Crippen LogP contribution in [0, 0.1) is 0 Å². The minimum absolute atomic E-state index is 0.00589. The van der Waals surface area contributed by atoms with Crippen LogP contribution in [0.2, 0.25) is 0 Å². The molecule has 0 saturated heterocycles. The number of hydrogen-bond acceptors (Lipinski definition) is 4. The third-order valence-corrected chi connectivity index (χ3v) is 5.80. The highest BCUT2D eigenvalue weighted by atomic mass is 16.5. The van der Waals surface area contributed by atoms with Gasteiger partial charge in [-0.1, -0.05) is 42.5 Å². The molecule has 28 heavy (non-hydrogen) atoms. The van der Waals surface area contributed by atoms with Gasteiger partial charge < -0.3 is 15.0 Å². The van der Waals surface area contributed by atoms with Gasteiger partial charge >= 0.3 is 0 Å². The van der Waals surface area contributed by atoms with Crippen LogP contribution >= 0.6 is 0 Å². The van der Waals surface area contributed by atoms with E-state index in [9.17, 15) is 4.79 Å². The van der Waals surface area contributed by atoms with Crippen molar-refractivity contribution in [3.8, 4) is 5.75 Å². The molecule has 1 aromatic heterocycles. The van der Waals surface area contributed by atoms with E-state index in [-0.39, 0.29) is 11.0 Å². The average molecular weight is 373 g/mol. The van der Waals surface area contributed by atoms with E-state index in [0.717, 1.165) is 54.2 Å². The molecule has 2 N–H and O–H groups in total. The van der Waals surface area contributed by atoms with E-state index in [1.807, 2.05) is 30.3 Å². The quantitative estimate of drug-likeness (QED) is 0.721. The van der Waals surface area contributed by atoms with Crippen LogP contribution in [0.25, 0.3) is 0 Å². The van der Waals surface area contributed by atoms with Crippen LogP contribution in [-0.4, -0.2) is 16.5 Å². The third-order valence-electron chi connectivity index (χ3n) is 5.80. The molecule has 0 radical (unpaired) electrons. The number of fused-ring (bicyclic) bond motifs is 1. The zero-order valence-electron chi connectivity index (χ0n) is 15.7. The van der Waals surface area contributed by atoms with E-state index in [2.05, 4.69) is 34.6 Å². The Morgan fingerprint density at radius 1 is 1.04 bits per heavy atom. The molecule has 2 aromatic carbocycles. The van der Waals surface area contributed by atoms with Gasteiger partial charge in [-0.2, -0.15) is 0 Å². The number of aromatic amines is 1. The molecule has 5 heteroatoms. The fraction of sp³-hybridized carbons (Fsp3) is 0.304. The molecular weight excluding hydrogens is 350 g/mol. The molecule has 1 saturated carbocycles. The van der Waals surface area contributed by atoms with Crippen molar-refractivity contribution in [2.45, 2.75) is 37.8 Å². The Labute approximate surface area is 163 Å². The van der Waals surface area contributed by atoms with Gasteiger partial charge in [0.15, 0.2) is 0 Å². The normalized spacial score (nSPS) is 17.0. The minimum atomic E-state index is -0.141. The van der Waals surface area contributed by atoms with Crippen molar-refractivity contribution in [2.75, 3.05) is 6.54 Å². The molecule has 0 atom stereocenters. The molecule has 1 fully saturated rings. The first-order chi connectivity index (χ1) is 13.7. The van der Waals surface area contributed by atoms with Crippen molar-refractivity contribution >= 4 is 0 Å². The van der Waals surface area contributed by atoms with E-state index < -0.39 is 0 Å². The largest absolute Gasteiger partial charge is 0.489 e. The Balaban J connectivity index is 1.37. The van der Waals surface area contributed by atoms with Gasteiger partial charge in [-0.25, -0.2) is 4.98 Å². The minimum Gasteiger partial charge on any atom is -0.489 e. The highest BCUT2D eigenvalue weighted by molar-refractivity contribution is 5.41. The number of ether oxygens (including phenoxy) is 1.